The Balaban J connectivity index is 1.18. The van der Waals surface area contributed by atoms with Crippen LogP contribution in [0.25, 0.3) is 0 Å². The fourth-order valence-corrected chi connectivity index (χ4v) is 5.94. The number of rotatable bonds is 8. The third-order valence-corrected chi connectivity index (χ3v) is 8.15. The molecule has 8 heteroatoms. The topological polar surface area (TPSA) is 61.9 Å². The Morgan fingerprint density at radius 2 is 1.68 bits per heavy atom. The molecule has 0 bridgehead atoms. The van der Waals surface area contributed by atoms with Gasteiger partial charge in [0.25, 0.3) is 5.91 Å². The summed E-state index contributed by atoms with van der Waals surface area (Å²) in [5, 5.41) is 3.64. The largest absolute Gasteiger partial charge is 0.379 e. The molecular formula is C29H30ClN3O3S. The minimum atomic E-state index is -0.113. The van der Waals surface area contributed by atoms with E-state index >= 15 is 0 Å². The first kappa shape index (κ1) is 25.8. The third kappa shape index (κ3) is 6.73. The first-order chi connectivity index (χ1) is 18.0. The molecule has 0 aliphatic carbocycles. The number of benzene rings is 3. The van der Waals surface area contributed by atoms with Crippen molar-refractivity contribution in [2.75, 3.05) is 32.1 Å². The van der Waals surface area contributed by atoms with Crippen LogP contribution >= 0.6 is 23.4 Å². The van der Waals surface area contributed by atoms with Crippen molar-refractivity contribution in [3.05, 3.63) is 106 Å². The van der Waals surface area contributed by atoms with E-state index in [1.807, 2.05) is 65.6 Å². The van der Waals surface area contributed by atoms with E-state index in [0.29, 0.717) is 29.4 Å². The predicted molar refractivity (Wildman–Crippen MR) is 147 cm³/mol. The first-order valence-corrected chi connectivity index (χ1v) is 13.9. The van der Waals surface area contributed by atoms with E-state index in [4.69, 9.17) is 16.3 Å². The van der Waals surface area contributed by atoms with Crippen molar-refractivity contribution in [3.8, 4) is 0 Å². The van der Waals surface area contributed by atoms with Crippen molar-refractivity contribution in [2.24, 2.45) is 0 Å². The summed E-state index contributed by atoms with van der Waals surface area (Å²) in [5.41, 5.74) is 4.97. The Labute approximate surface area is 226 Å². The van der Waals surface area contributed by atoms with Crippen LogP contribution in [0.15, 0.2) is 72.8 Å². The van der Waals surface area contributed by atoms with Crippen LogP contribution in [0.4, 0.5) is 0 Å². The lowest BCUT2D eigenvalue weighted by molar-refractivity contribution is -0.128. The monoisotopic (exact) mass is 535 g/mol. The van der Waals surface area contributed by atoms with Crippen LogP contribution in [0.1, 0.15) is 38.0 Å². The molecule has 37 heavy (non-hydrogen) atoms. The van der Waals surface area contributed by atoms with Gasteiger partial charge in [-0.25, -0.2) is 0 Å². The van der Waals surface area contributed by atoms with E-state index in [-0.39, 0.29) is 17.2 Å². The maximum absolute atomic E-state index is 12.8. The molecule has 192 valence electrons. The lowest BCUT2D eigenvalue weighted by atomic mass is 10.1. The highest BCUT2D eigenvalue weighted by Crippen LogP contribution is 2.39. The average molecular weight is 536 g/mol. The fourth-order valence-electron chi connectivity index (χ4n) is 4.63. The number of hydrogen-bond acceptors (Lipinski definition) is 5. The van der Waals surface area contributed by atoms with Gasteiger partial charge in [0.05, 0.1) is 19.0 Å². The second-order valence-corrected chi connectivity index (χ2v) is 10.8. The fraction of sp³-hybridized carbons (Fsp3) is 0.310. The van der Waals surface area contributed by atoms with Crippen LogP contribution in [0.5, 0.6) is 0 Å². The second-order valence-electron chi connectivity index (χ2n) is 9.32. The van der Waals surface area contributed by atoms with Gasteiger partial charge in [0.15, 0.2) is 0 Å². The van der Waals surface area contributed by atoms with Crippen molar-refractivity contribution in [1.82, 2.24) is 15.1 Å². The van der Waals surface area contributed by atoms with Gasteiger partial charge in [0, 0.05) is 43.3 Å². The van der Waals surface area contributed by atoms with E-state index in [1.54, 1.807) is 11.8 Å². The quantitative estimate of drug-likeness (QED) is 0.445. The van der Waals surface area contributed by atoms with Crippen molar-refractivity contribution in [3.63, 3.8) is 0 Å². The zero-order valence-electron chi connectivity index (χ0n) is 20.6. The van der Waals surface area contributed by atoms with Gasteiger partial charge in [-0.3, -0.25) is 14.5 Å². The molecule has 2 fully saturated rings. The zero-order chi connectivity index (χ0) is 25.6. The SMILES string of the molecule is O=C(NCc1cccc(CN2CCOCC2)c1)c1ccc([C@H]2SCC(=O)N2Cc2ccc(Cl)cc2)cc1. The molecule has 2 aliphatic rings. The molecule has 2 aliphatic heterocycles. The maximum atomic E-state index is 12.8. The third-order valence-electron chi connectivity index (χ3n) is 6.65. The van der Waals surface area contributed by atoms with E-state index in [0.717, 1.165) is 49.5 Å². The zero-order valence-corrected chi connectivity index (χ0v) is 22.1. The van der Waals surface area contributed by atoms with Gasteiger partial charge < -0.3 is 15.0 Å². The number of ether oxygens (including phenoxy) is 1. The van der Waals surface area contributed by atoms with Crippen LogP contribution in [0.3, 0.4) is 0 Å². The number of nitrogens with one attached hydrogen (secondary N) is 1. The van der Waals surface area contributed by atoms with Crippen LogP contribution in [-0.2, 0) is 29.2 Å². The highest BCUT2D eigenvalue weighted by Gasteiger charge is 2.32. The Hall–Kier alpha value is -2.84. The molecule has 1 N–H and O–H groups in total. The van der Waals surface area contributed by atoms with Gasteiger partial charge in [-0.1, -0.05) is 60.1 Å². The standard InChI is InChI=1S/C29H30ClN3O3S/c30-26-10-4-21(5-11-26)19-33-27(34)20-37-29(33)25-8-6-24(7-9-25)28(35)31-17-22-2-1-3-23(16-22)18-32-12-14-36-15-13-32/h1-11,16,29H,12-15,17-20H2,(H,31,35)/t29-/m1/s1. The summed E-state index contributed by atoms with van der Waals surface area (Å²) in [6, 6.07) is 23.5. The molecule has 6 nitrogen and oxygen atoms in total. The molecule has 2 heterocycles. The molecule has 0 radical (unpaired) electrons. The minimum absolute atomic E-state index is 0.0745. The second kappa shape index (κ2) is 12.1. The van der Waals surface area contributed by atoms with Gasteiger partial charge in [-0.2, -0.15) is 0 Å². The molecule has 2 amide bonds. The number of carbonyl (C=O) groups excluding carboxylic acids is 2. The molecule has 0 unspecified atom stereocenters. The molecule has 3 aromatic carbocycles. The van der Waals surface area contributed by atoms with Gasteiger partial charge in [-0.05, 0) is 46.5 Å². The van der Waals surface area contributed by atoms with Gasteiger partial charge in [-0.15, -0.1) is 11.8 Å². The predicted octanol–water partition coefficient (Wildman–Crippen LogP) is 4.88. The number of hydrogen-bond donors (Lipinski definition) is 1. The van der Waals surface area contributed by atoms with Crippen LogP contribution in [0, 0.1) is 0 Å². The molecule has 5 rings (SSSR count). The number of halogens is 1. The first-order valence-electron chi connectivity index (χ1n) is 12.5. The maximum Gasteiger partial charge on any atom is 0.251 e. The number of carbonyl (C=O) groups is 2. The summed E-state index contributed by atoms with van der Waals surface area (Å²) in [6.07, 6.45) is 0. The number of amides is 2. The minimum Gasteiger partial charge on any atom is -0.379 e. The number of nitrogens with zero attached hydrogens (tertiary/aromatic N) is 2. The highest BCUT2D eigenvalue weighted by molar-refractivity contribution is 8.00. The smallest absolute Gasteiger partial charge is 0.251 e. The Kier molecular flexibility index (Phi) is 8.46. The van der Waals surface area contributed by atoms with E-state index in [1.165, 1.54) is 5.56 Å². The molecule has 0 spiro atoms. The van der Waals surface area contributed by atoms with Crippen LogP contribution < -0.4 is 5.32 Å². The summed E-state index contributed by atoms with van der Waals surface area (Å²) in [5.74, 6) is 0.450. The molecule has 1 atom stereocenters. The lowest BCUT2D eigenvalue weighted by Crippen LogP contribution is -2.35. The van der Waals surface area contributed by atoms with Crippen LogP contribution in [-0.4, -0.2) is 53.7 Å². The van der Waals surface area contributed by atoms with E-state index in [9.17, 15) is 9.59 Å². The molecule has 0 saturated carbocycles. The van der Waals surface area contributed by atoms with E-state index in [2.05, 4.69) is 22.3 Å². The van der Waals surface area contributed by atoms with Gasteiger partial charge in [0.1, 0.15) is 5.37 Å². The normalized spacial score (nSPS) is 18.2. The molecule has 3 aromatic rings. The summed E-state index contributed by atoms with van der Waals surface area (Å²) >= 11 is 7.61. The van der Waals surface area contributed by atoms with Crippen molar-refractivity contribution in [1.29, 1.82) is 0 Å². The highest BCUT2D eigenvalue weighted by atomic mass is 35.5. The van der Waals surface area contributed by atoms with Gasteiger partial charge >= 0.3 is 0 Å². The summed E-state index contributed by atoms with van der Waals surface area (Å²) in [6.45, 7) is 5.35. The molecular weight excluding hydrogens is 506 g/mol. The number of morpholine rings is 1. The molecule has 0 aromatic heterocycles. The van der Waals surface area contributed by atoms with Gasteiger partial charge in [0.2, 0.25) is 5.91 Å². The Morgan fingerprint density at radius 1 is 0.946 bits per heavy atom. The summed E-state index contributed by atoms with van der Waals surface area (Å²) in [4.78, 5) is 29.7. The molecule has 2 saturated heterocycles. The lowest BCUT2D eigenvalue weighted by Gasteiger charge is -2.26. The van der Waals surface area contributed by atoms with E-state index < -0.39 is 0 Å². The Bertz CT molecular complexity index is 1230. The average Bonchev–Trinajstić information content (AvgIpc) is 3.29. The van der Waals surface area contributed by atoms with Crippen LogP contribution in [0.2, 0.25) is 5.02 Å². The number of thioether (sulfide) groups is 1. The summed E-state index contributed by atoms with van der Waals surface area (Å²) in [7, 11) is 0. The van der Waals surface area contributed by atoms with Crippen molar-refractivity contribution < 1.29 is 14.3 Å². The van der Waals surface area contributed by atoms with Crippen molar-refractivity contribution >= 4 is 35.2 Å². The summed E-state index contributed by atoms with van der Waals surface area (Å²) < 4.78 is 5.43. The Morgan fingerprint density at radius 3 is 2.43 bits per heavy atom. The van der Waals surface area contributed by atoms with Crippen molar-refractivity contribution in [2.45, 2.75) is 25.0 Å².